The molecule has 13 heteroatoms. The number of hydrogen-bond acceptors (Lipinski definition) is 7. The quantitative estimate of drug-likeness (QED) is 0.447. The standard InChI is InChI=1S/C17H15F2N9O2/c1-7-5-9-10(6-21-7)28(26-12(9)15(20)30)17-22-16(23-24-17)13-14(29)8(2)25-27(13)4-3-11(18)19/h3,5-6,29H,4H2,1-2H3,(H2,20,30)(H,22,23,24). The monoisotopic (exact) mass is 415 g/mol. The molecule has 0 aromatic carbocycles. The number of aromatic amines is 1. The molecule has 11 nitrogen and oxygen atoms in total. The van der Waals surface area contributed by atoms with Crippen LogP contribution >= 0.6 is 0 Å². The number of primary amides is 1. The van der Waals surface area contributed by atoms with Gasteiger partial charge in [0, 0.05) is 17.2 Å². The molecule has 0 bridgehead atoms. The molecule has 4 heterocycles. The number of hydrogen-bond donors (Lipinski definition) is 3. The maximum atomic E-state index is 12.5. The van der Waals surface area contributed by atoms with E-state index >= 15 is 0 Å². The number of carbonyl (C=O) groups is 1. The van der Waals surface area contributed by atoms with Gasteiger partial charge in [-0.05, 0) is 19.9 Å². The molecule has 4 aromatic rings. The van der Waals surface area contributed by atoms with E-state index < -0.39 is 12.0 Å². The van der Waals surface area contributed by atoms with Gasteiger partial charge < -0.3 is 10.8 Å². The highest BCUT2D eigenvalue weighted by atomic mass is 19.3. The van der Waals surface area contributed by atoms with Gasteiger partial charge >= 0.3 is 0 Å². The van der Waals surface area contributed by atoms with Gasteiger partial charge in [-0.2, -0.15) is 33.7 Å². The molecule has 0 atom stereocenters. The summed E-state index contributed by atoms with van der Waals surface area (Å²) in [6.45, 7) is 2.99. The number of aromatic nitrogens is 8. The molecule has 0 aliphatic heterocycles. The highest BCUT2D eigenvalue weighted by molar-refractivity contribution is 6.04. The number of nitrogens with two attached hydrogens (primary N) is 1. The van der Waals surface area contributed by atoms with Crippen LogP contribution in [0.2, 0.25) is 0 Å². The highest BCUT2D eigenvalue weighted by Crippen LogP contribution is 2.30. The minimum absolute atomic E-state index is 0.000104. The molecule has 4 rings (SSSR count). The van der Waals surface area contributed by atoms with E-state index in [-0.39, 0.29) is 41.1 Å². The number of carbonyl (C=O) groups excluding carboxylic acids is 1. The number of rotatable bonds is 5. The second kappa shape index (κ2) is 7.02. The van der Waals surface area contributed by atoms with Crippen molar-refractivity contribution < 1.29 is 18.7 Å². The molecule has 0 aliphatic rings. The molecule has 0 spiro atoms. The molecule has 154 valence electrons. The molecule has 0 saturated carbocycles. The predicted molar refractivity (Wildman–Crippen MR) is 100.0 cm³/mol. The van der Waals surface area contributed by atoms with E-state index in [1.807, 2.05) is 0 Å². The average Bonchev–Trinajstić information content (AvgIpc) is 3.36. The van der Waals surface area contributed by atoms with Gasteiger partial charge in [-0.3, -0.25) is 14.5 Å². The van der Waals surface area contributed by atoms with E-state index in [1.54, 1.807) is 13.0 Å². The number of aryl methyl sites for hydroxylation is 2. The van der Waals surface area contributed by atoms with Crippen LogP contribution in [0.5, 0.6) is 5.75 Å². The van der Waals surface area contributed by atoms with Gasteiger partial charge in [0.25, 0.3) is 12.0 Å². The van der Waals surface area contributed by atoms with Crippen molar-refractivity contribution in [1.82, 2.24) is 39.7 Å². The van der Waals surface area contributed by atoms with Crippen molar-refractivity contribution in [2.24, 2.45) is 5.73 Å². The summed E-state index contributed by atoms with van der Waals surface area (Å²) >= 11 is 0. The fourth-order valence-electron chi connectivity index (χ4n) is 3.00. The van der Waals surface area contributed by atoms with Gasteiger partial charge in [0.05, 0.1) is 18.3 Å². The van der Waals surface area contributed by atoms with Crippen molar-refractivity contribution in [3.05, 3.63) is 41.5 Å². The molecule has 0 fully saturated rings. The maximum absolute atomic E-state index is 12.5. The fourth-order valence-corrected chi connectivity index (χ4v) is 3.00. The normalized spacial score (nSPS) is 11.2. The summed E-state index contributed by atoms with van der Waals surface area (Å²) in [5.74, 6) is -0.866. The molecule has 30 heavy (non-hydrogen) atoms. The minimum Gasteiger partial charge on any atom is -0.504 e. The van der Waals surface area contributed by atoms with Crippen molar-refractivity contribution in [3.63, 3.8) is 0 Å². The third kappa shape index (κ3) is 3.15. The molecular formula is C17H15F2N9O2. The van der Waals surface area contributed by atoms with E-state index in [1.165, 1.54) is 17.8 Å². The lowest BCUT2D eigenvalue weighted by atomic mass is 10.2. The second-order valence-electron chi connectivity index (χ2n) is 6.41. The Labute approximate surface area is 166 Å². The first-order valence-corrected chi connectivity index (χ1v) is 8.62. The van der Waals surface area contributed by atoms with E-state index in [2.05, 4.69) is 30.4 Å². The Bertz CT molecular complexity index is 1310. The number of H-pyrrole nitrogens is 1. The smallest absolute Gasteiger partial charge is 0.269 e. The first-order valence-electron chi connectivity index (χ1n) is 8.62. The van der Waals surface area contributed by atoms with Crippen molar-refractivity contribution >= 4 is 16.8 Å². The average molecular weight is 415 g/mol. The number of aromatic hydroxyl groups is 1. The highest BCUT2D eigenvalue weighted by Gasteiger charge is 2.23. The van der Waals surface area contributed by atoms with Gasteiger partial charge in [-0.25, -0.2) is 5.10 Å². The van der Waals surface area contributed by atoms with Crippen molar-refractivity contribution in [2.45, 2.75) is 20.4 Å². The number of pyridine rings is 1. The molecule has 1 amide bonds. The van der Waals surface area contributed by atoms with E-state index in [9.17, 15) is 18.7 Å². The molecule has 0 saturated heterocycles. The summed E-state index contributed by atoms with van der Waals surface area (Å²) in [6.07, 6.45) is 0.276. The zero-order chi connectivity index (χ0) is 21.6. The Hall–Kier alpha value is -4.16. The zero-order valence-corrected chi connectivity index (χ0v) is 15.8. The second-order valence-corrected chi connectivity index (χ2v) is 6.41. The predicted octanol–water partition coefficient (Wildman–Crippen LogP) is 1.60. The Morgan fingerprint density at radius 1 is 1.33 bits per heavy atom. The lowest BCUT2D eigenvalue weighted by molar-refractivity contribution is 0.0996. The first kappa shape index (κ1) is 19.2. The SMILES string of the molecule is Cc1cc2c(C(N)=O)nn(-c3nc(-c4c(O)c(C)nn4CC=C(F)F)n[nH]3)c2cn1. The number of nitrogens with zero attached hydrogens (tertiary/aromatic N) is 7. The summed E-state index contributed by atoms with van der Waals surface area (Å²) in [4.78, 5) is 20.3. The van der Waals surface area contributed by atoms with Crippen LogP contribution in [0.3, 0.4) is 0 Å². The van der Waals surface area contributed by atoms with Crippen LogP contribution in [0, 0.1) is 13.8 Å². The van der Waals surface area contributed by atoms with Gasteiger partial charge in [0.15, 0.2) is 11.4 Å². The maximum Gasteiger partial charge on any atom is 0.269 e. The molecule has 0 aliphatic carbocycles. The van der Waals surface area contributed by atoms with Crippen molar-refractivity contribution in [2.75, 3.05) is 0 Å². The largest absolute Gasteiger partial charge is 0.504 e. The van der Waals surface area contributed by atoms with E-state index in [4.69, 9.17) is 5.73 Å². The van der Waals surface area contributed by atoms with Crippen LogP contribution in [-0.4, -0.2) is 50.7 Å². The Balaban J connectivity index is 1.84. The van der Waals surface area contributed by atoms with Gasteiger partial charge in [-0.1, -0.05) is 0 Å². The Morgan fingerprint density at radius 2 is 2.10 bits per heavy atom. The molecule has 4 aromatic heterocycles. The third-order valence-electron chi connectivity index (χ3n) is 4.34. The summed E-state index contributed by atoms with van der Waals surface area (Å²) in [6, 6.07) is 1.66. The fraction of sp³-hybridized carbons (Fsp3) is 0.176. The lowest BCUT2D eigenvalue weighted by Crippen LogP contribution is -2.12. The number of nitrogens with one attached hydrogen (secondary N) is 1. The van der Waals surface area contributed by atoms with Gasteiger partial charge in [0.1, 0.15) is 11.4 Å². The van der Waals surface area contributed by atoms with Crippen LogP contribution < -0.4 is 5.73 Å². The number of fused-ring (bicyclic) bond motifs is 1. The van der Waals surface area contributed by atoms with Crippen LogP contribution in [0.15, 0.2) is 24.4 Å². The first-order chi connectivity index (χ1) is 14.3. The number of allylic oxidation sites excluding steroid dienone is 1. The number of amides is 1. The molecule has 4 N–H and O–H groups in total. The zero-order valence-electron chi connectivity index (χ0n) is 15.8. The summed E-state index contributed by atoms with van der Waals surface area (Å²) in [7, 11) is 0. The lowest BCUT2D eigenvalue weighted by Gasteiger charge is -2.01. The summed E-state index contributed by atoms with van der Waals surface area (Å²) in [5, 5.41) is 25.7. The summed E-state index contributed by atoms with van der Waals surface area (Å²) < 4.78 is 27.4. The van der Waals surface area contributed by atoms with Crippen LogP contribution in [0.1, 0.15) is 21.9 Å². The third-order valence-corrected chi connectivity index (χ3v) is 4.34. The van der Waals surface area contributed by atoms with Crippen molar-refractivity contribution in [3.8, 4) is 23.2 Å². The molecular weight excluding hydrogens is 400 g/mol. The van der Waals surface area contributed by atoms with Crippen molar-refractivity contribution in [1.29, 1.82) is 0 Å². The summed E-state index contributed by atoms with van der Waals surface area (Å²) in [5.41, 5.74) is 6.85. The molecule has 0 unspecified atom stereocenters. The van der Waals surface area contributed by atoms with Gasteiger partial charge in [0.2, 0.25) is 11.8 Å². The van der Waals surface area contributed by atoms with E-state index in [0.29, 0.717) is 22.7 Å². The molecule has 0 radical (unpaired) electrons. The van der Waals surface area contributed by atoms with Gasteiger partial charge in [-0.15, -0.1) is 0 Å². The number of halogens is 2. The minimum atomic E-state index is -1.88. The topological polar surface area (TPSA) is 153 Å². The Kier molecular flexibility index (Phi) is 4.49. The van der Waals surface area contributed by atoms with E-state index in [0.717, 1.165) is 4.68 Å². The van der Waals surface area contributed by atoms with Crippen LogP contribution in [-0.2, 0) is 6.54 Å². The van der Waals surface area contributed by atoms with Crippen LogP contribution in [0.25, 0.3) is 28.4 Å². The van der Waals surface area contributed by atoms with Crippen LogP contribution in [0.4, 0.5) is 8.78 Å². The Morgan fingerprint density at radius 3 is 2.80 bits per heavy atom.